The lowest BCUT2D eigenvalue weighted by Gasteiger charge is -2.34. The monoisotopic (exact) mass is 754 g/mol. The molecule has 2 aromatic heterocycles. The van der Waals surface area contributed by atoms with Gasteiger partial charge in [-0.2, -0.15) is 0 Å². The van der Waals surface area contributed by atoms with Crippen LogP contribution in [0.2, 0.25) is 0 Å². The highest BCUT2D eigenvalue weighted by atomic mass is 19.2. The highest BCUT2D eigenvalue weighted by Crippen LogP contribution is 2.40. The Kier molecular flexibility index (Phi) is 12.2. The molecule has 55 heavy (non-hydrogen) atoms. The van der Waals surface area contributed by atoms with Crippen molar-refractivity contribution in [3.63, 3.8) is 0 Å². The van der Waals surface area contributed by atoms with Crippen molar-refractivity contribution in [3.05, 3.63) is 90.3 Å². The number of likely N-dealkylation sites (tertiary alicyclic amines) is 1. The Hall–Kier alpha value is -5.72. The van der Waals surface area contributed by atoms with Crippen molar-refractivity contribution in [1.29, 1.82) is 0 Å². The number of carbonyl (C=O) groups excluding carboxylic acids is 1. The van der Waals surface area contributed by atoms with Crippen LogP contribution in [-0.2, 0) is 11.3 Å². The summed E-state index contributed by atoms with van der Waals surface area (Å²) in [6.45, 7) is 7.64. The molecule has 0 bridgehead atoms. The first-order chi connectivity index (χ1) is 26.5. The lowest BCUT2D eigenvalue weighted by atomic mass is 10.0. The number of fused-ring (bicyclic) bond motifs is 1. The molecule has 1 unspecified atom stereocenters. The number of rotatable bonds is 13. The van der Waals surface area contributed by atoms with Crippen molar-refractivity contribution in [2.75, 3.05) is 50.7 Å². The summed E-state index contributed by atoms with van der Waals surface area (Å²) < 4.78 is 51.6. The topological polar surface area (TPSA) is 111 Å². The van der Waals surface area contributed by atoms with E-state index < -0.39 is 18.4 Å². The summed E-state index contributed by atoms with van der Waals surface area (Å²) in [7, 11) is 3.12. The Morgan fingerprint density at radius 1 is 1.00 bits per heavy atom. The van der Waals surface area contributed by atoms with E-state index in [0.29, 0.717) is 59.1 Å². The van der Waals surface area contributed by atoms with Crippen LogP contribution in [0.4, 0.5) is 25.2 Å². The number of benzene rings is 3. The normalized spacial score (nSPS) is 15.0. The van der Waals surface area contributed by atoms with Gasteiger partial charge >= 0.3 is 6.09 Å². The Balaban J connectivity index is 1.28. The molecule has 1 amide bonds. The van der Waals surface area contributed by atoms with Crippen molar-refractivity contribution >= 4 is 28.5 Å². The van der Waals surface area contributed by atoms with Gasteiger partial charge in [0.2, 0.25) is 11.8 Å². The number of aromatic nitrogens is 3. The Morgan fingerprint density at radius 2 is 1.82 bits per heavy atom. The molecule has 1 aliphatic heterocycles. The lowest BCUT2D eigenvalue weighted by molar-refractivity contribution is 0.0206. The Labute approximate surface area is 320 Å². The number of nitrogens with one attached hydrogen (secondary N) is 1. The molecule has 1 fully saturated rings. The van der Waals surface area contributed by atoms with Crippen LogP contribution < -0.4 is 24.4 Å². The largest absolute Gasteiger partial charge is 0.493 e. The molecule has 3 aromatic carbocycles. The summed E-state index contributed by atoms with van der Waals surface area (Å²) >= 11 is 0. The molecule has 5 aromatic rings. The quantitative estimate of drug-likeness (QED) is 0.125. The number of ether oxygens (including phenoxy) is 4. The number of alkyl halides is 2. The van der Waals surface area contributed by atoms with Crippen LogP contribution in [-0.4, -0.2) is 84.3 Å². The predicted octanol–water partition coefficient (Wildman–Crippen LogP) is 8.94. The van der Waals surface area contributed by atoms with E-state index in [1.54, 1.807) is 43.6 Å². The van der Waals surface area contributed by atoms with E-state index in [4.69, 9.17) is 23.9 Å². The van der Waals surface area contributed by atoms with Crippen LogP contribution >= 0.6 is 0 Å². The number of aryl methyl sites for hydroxylation is 1. The van der Waals surface area contributed by atoms with Gasteiger partial charge in [0.15, 0.2) is 11.5 Å². The first kappa shape index (κ1) is 39.0. The predicted molar refractivity (Wildman–Crippen MR) is 210 cm³/mol. The van der Waals surface area contributed by atoms with Crippen LogP contribution in [0.25, 0.3) is 22.0 Å². The van der Waals surface area contributed by atoms with E-state index in [0.717, 1.165) is 34.7 Å². The first-order valence-electron chi connectivity index (χ1n) is 18.3. The molecule has 290 valence electrons. The maximum atomic E-state index is 14.8. The van der Waals surface area contributed by atoms with Crippen LogP contribution in [0.15, 0.2) is 79.1 Å². The van der Waals surface area contributed by atoms with E-state index >= 15 is 0 Å². The maximum absolute atomic E-state index is 14.8. The second-order valence-electron chi connectivity index (χ2n) is 14.5. The zero-order valence-electron chi connectivity index (χ0n) is 32.1. The summed E-state index contributed by atoms with van der Waals surface area (Å²) in [5.74, 6) is 2.45. The van der Waals surface area contributed by atoms with Crippen molar-refractivity contribution in [1.82, 2.24) is 19.9 Å². The molecule has 3 heterocycles. The number of amides is 1. The molecule has 2 atom stereocenters. The number of methoxy groups -OCH3 is 2. The molecule has 11 nitrogen and oxygen atoms in total. The van der Waals surface area contributed by atoms with Gasteiger partial charge in [0.25, 0.3) is 0 Å². The number of hydrogen-bond donors (Lipinski definition) is 1. The molecule has 0 saturated carbocycles. The number of piperidine rings is 1. The molecule has 6 rings (SSSR count). The Morgan fingerprint density at radius 3 is 2.58 bits per heavy atom. The zero-order valence-corrected chi connectivity index (χ0v) is 32.1. The number of nitrogens with zero attached hydrogens (tertiary/aromatic N) is 5. The van der Waals surface area contributed by atoms with E-state index in [-0.39, 0.29) is 25.2 Å². The summed E-state index contributed by atoms with van der Waals surface area (Å²) in [5.41, 5.74) is 3.09. The van der Waals surface area contributed by atoms with Gasteiger partial charge in [-0.05, 0) is 88.1 Å². The fourth-order valence-electron chi connectivity index (χ4n) is 6.68. The van der Waals surface area contributed by atoms with Gasteiger partial charge in [0, 0.05) is 54.5 Å². The number of anilines is 2. The van der Waals surface area contributed by atoms with Crippen LogP contribution in [0.5, 0.6) is 23.1 Å². The molecule has 0 spiro atoms. The van der Waals surface area contributed by atoms with E-state index in [1.807, 2.05) is 87.2 Å². The number of hydrogen-bond acceptors (Lipinski definition) is 10. The second kappa shape index (κ2) is 17.2. The van der Waals surface area contributed by atoms with E-state index in [1.165, 1.54) is 0 Å². The number of carbonyl (C=O) groups is 1. The van der Waals surface area contributed by atoms with Crippen molar-refractivity contribution in [2.45, 2.75) is 64.9 Å². The molecule has 1 aliphatic rings. The van der Waals surface area contributed by atoms with Crippen molar-refractivity contribution in [2.24, 2.45) is 0 Å². The summed E-state index contributed by atoms with van der Waals surface area (Å²) in [6.07, 6.45) is 2.97. The summed E-state index contributed by atoms with van der Waals surface area (Å²) in [6, 6.07) is 20.6. The van der Waals surface area contributed by atoms with E-state index in [9.17, 15) is 13.6 Å². The van der Waals surface area contributed by atoms with Crippen LogP contribution in [0, 0.1) is 6.92 Å². The Bertz CT molecular complexity index is 2110. The molecule has 0 aliphatic carbocycles. The minimum absolute atomic E-state index is 0.0578. The summed E-state index contributed by atoms with van der Waals surface area (Å²) in [4.78, 5) is 30.2. The number of pyridine rings is 1. The SMILES string of the molecule is COc1ccc(CN(CC(F)CF)c2cccc3c(Oc4ncccc4-c4ccnc(N[C@H]5CCCN(C(=O)OC(C)(C)C)C5)n4)c(C)ccc23)cc1OC. The van der Waals surface area contributed by atoms with Crippen LogP contribution in [0.3, 0.4) is 0 Å². The minimum atomic E-state index is -1.69. The first-order valence-corrected chi connectivity index (χ1v) is 18.3. The van der Waals surface area contributed by atoms with Gasteiger partial charge < -0.3 is 34.1 Å². The standard InChI is InChI=1S/C42H48F2N6O5/c1-27-14-16-31-32(11-7-13-35(31)50(25-29(44)23-43)24-28-15-17-36(52-5)37(22-28)53-6)38(27)54-39-33(12-8-19-45-39)34-18-20-46-40(48-34)47-30-10-9-21-49(26-30)41(51)55-42(2,3)4/h7-8,11-20,22,29-30H,9-10,21,23-26H2,1-6H3,(H,46,47,48)/t29?,30-/m0/s1. The van der Waals surface area contributed by atoms with Crippen LogP contribution in [0.1, 0.15) is 44.7 Å². The molecular formula is C42H48F2N6O5. The molecular weight excluding hydrogens is 706 g/mol. The van der Waals surface area contributed by atoms with Crippen molar-refractivity contribution in [3.8, 4) is 34.4 Å². The summed E-state index contributed by atoms with van der Waals surface area (Å²) in [5, 5.41) is 4.98. The third-order valence-electron chi connectivity index (χ3n) is 9.24. The van der Waals surface area contributed by atoms with Gasteiger partial charge in [-0.1, -0.05) is 30.3 Å². The highest BCUT2D eigenvalue weighted by Gasteiger charge is 2.28. The minimum Gasteiger partial charge on any atom is -0.493 e. The highest BCUT2D eigenvalue weighted by molar-refractivity contribution is 5.99. The van der Waals surface area contributed by atoms with Gasteiger partial charge in [0.1, 0.15) is 24.2 Å². The molecule has 1 saturated heterocycles. The van der Waals surface area contributed by atoms with Gasteiger partial charge in [-0.15, -0.1) is 0 Å². The zero-order chi connectivity index (χ0) is 39.1. The second-order valence-corrected chi connectivity index (χ2v) is 14.5. The molecule has 1 N–H and O–H groups in total. The third kappa shape index (κ3) is 9.51. The average molecular weight is 755 g/mol. The van der Waals surface area contributed by atoms with Gasteiger partial charge in [-0.3, -0.25) is 0 Å². The smallest absolute Gasteiger partial charge is 0.410 e. The molecule has 13 heteroatoms. The van der Waals surface area contributed by atoms with Crippen molar-refractivity contribution < 1.29 is 32.5 Å². The maximum Gasteiger partial charge on any atom is 0.410 e. The molecule has 0 radical (unpaired) electrons. The van der Waals surface area contributed by atoms with Gasteiger partial charge in [0.05, 0.1) is 32.0 Å². The lowest BCUT2D eigenvalue weighted by Crippen LogP contribution is -2.47. The number of halogens is 2. The third-order valence-corrected chi connectivity index (χ3v) is 9.24. The van der Waals surface area contributed by atoms with Gasteiger partial charge in [-0.25, -0.2) is 28.5 Å². The average Bonchev–Trinajstić information content (AvgIpc) is 3.18. The fourth-order valence-corrected chi connectivity index (χ4v) is 6.68. The van der Waals surface area contributed by atoms with E-state index in [2.05, 4.69) is 15.3 Å². The fraction of sp³-hybridized carbons (Fsp3) is 0.381.